The number of nitrogens with one attached hydrogen (secondary N) is 1. The Hall–Kier alpha value is -0.380. The molecule has 0 fully saturated rings. The van der Waals surface area contributed by atoms with Crippen molar-refractivity contribution in [3.05, 3.63) is 22.4 Å². The van der Waals surface area contributed by atoms with E-state index in [-0.39, 0.29) is 5.41 Å². The monoisotopic (exact) mass is 255 g/mol. The topological polar surface area (TPSA) is 32.3 Å². The van der Waals surface area contributed by atoms with Crippen LogP contribution in [0.25, 0.3) is 0 Å². The maximum Gasteiger partial charge on any atom is 0.0431 e. The summed E-state index contributed by atoms with van der Waals surface area (Å²) in [4.78, 5) is 1.45. The predicted molar refractivity (Wildman–Crippen MR) is 75.8 cm³/mol. The lowest BCUT2D eigenvalue weighted by atomic mass is 9.91. The van der Waals surface area contributed by atoms with Crippen LogP contribution in [-0.2, 0) is 5.41 Å². The zero-order chi connectivity index (χ0) is 12.6. The first-order chi connectivity index (χ1) is 8.17. The summed E-state index contributed by atoms with van der Waals surface area (Å²) < 4.78 is 0. The van der Waals surface area contributed by atoms with Crippen LogP contribution in [0.3, 0.4) is 0 Å². The molecular formula is C14H25NOS. The highest BCUT2D eigenvalue weighted by Crippen LogP contribution is 2.26. The van der Waals surface area contributed by atoms with Gasteiger partial charge in [0.15, 0.2) is 0 Å². The fourth-order valence-electron chi connectivity index (χ4n) is 1.87. The van der Waals surface area contributed by atoms with Gasteiger partial charge in [-0.05, 0) is 30.8 Å². The summed E-state index contributed by atoms with van der Waals surface area (Å²) in [6.07, 6.45) is 4.51. The molecule has 1 rings (SSSR count). The zero-order valence-corrected chi connectivity index (χ0v) is 11.9. The van der Waals surface area contributed by atoms with Crippen LogP contribution >= 0.6 is 11.3 Å². The molecule has 0 radical (unpaired) electrons. The third kappa shape index (κ3) is 5.66. The van der Waals surface area contributed by atoms with E-state index in [2.05, 4.69) is 36.7 Å². The van der Waals surface area contributed by atoms with E-state index in [1.54, 1.807) is 0 Å². The van der Waals surface area contributed by atoms with Gasteiger partial charge in [-0.1, -0.05) is 32.8 Å². The molecule has 98 valence electrons. The van der Waals surface area contributed by atoms with E-state index in [1.807, 2.05) is 11.3 Å². The summed E-state index contributed by atoms with van der Waals surface area (Å²) in [5.41, 5.74) is 0.235. The van der Waals surface area contributed by atoms with Gasteiger partial charge < -0.3 is 10.4 Å². The van der Waals surface area contributed by atoms with E-state index >= 15 is 0 Å². The van der Waals surface area contributed by atoms with Crippen molar-refractivity contribution in [1.82, 2.24) is 5.32 Å². The molecule has 1 heterocycles. The second-order valence-electron chi connectivity index (χ2n) is 5.18. The number of thiophene rings is 1. The highest BCUT2D eigenvalue weighted by Gasteiger charge is 2.20. The quantitative estimate of drug-likeness (QED) is 0.664. The van der Waals surface area contributed by atoms with Crippen molar-refractivity contribution in [3.8, 4) is 0 Å². The van der Waals surface area contributed by atoms with Crippen molar-refractivity contribution in [2.75, 3.05) is 19.7 Å². The first kappa shape index (κ1) is 14.7. The van der Waals surface area contributed by atoms with Crippen LogP contribution < -0.4 is 5.32 Å². The molecule has 0 aliphatic heterocycles. The molecule has 0 saturated carbocycles. The molecule has 0 spiro atoms. The largest absolute Gasteiger partial charge is 0.396 e. The molecule has 0 bridgehead atoms. The number of hydrogen-bond acceptors (Lipinski definition) is 3. The highest BCUT2D eigenvalue weighted by molar-refractivity contribution is 7.10. The minimum absolute atomic E-state index is 0.235. The number of aliphatic hydroxyl groups is 1. The summed E-state index contributed by atoms with van der Waals surface area (Å²) in [6.45, 7) is 7.03. The molecule has 0 atom stereocenters. The Kier molecular flexibility index (Phi) is 6.78. The van der Waals surface area contributed by atoms with Gasteiger partial charge in [0, 0.05) is 23.4 Å². The maximum atomic E-state index is 8.67. The molecule has 2 nitrogen and oxygen atoms in total. The van der Waals surface area contributed by atoms with Gasteiger partial charge in [0.1, 0.15) is 0 Å². The lowest BCUT2D eigenvalue weighted by Gasteiger charge is -2.23. The maximum absolute atomic E-state index is 8.67. The number of hydrogen-bond donors (Lipinski definition) is 2. The molecule has 0 amide bonds. The van der Waals surface area contributed by atoms with Gasteiger partial charge in [-0.25, -0.2) is 0 Å². The number of aliphatic hydroxyl groups excluding tert-OH is 1. The number of unbranched alkanes of at least 4 members (excludes halogenated alkanes) is 3. The van der Waals surface area contributed by atoms with Crippen LogP contribution in [0, 0.1) is 0 Å². The lowest BCUT2D eigenvalue weighted by Crippen LogP contribution is -2.32. The average Bonchev–Trinajstić information content (AvgIpc) is 2.82. The third-order valence-corrected chi connectivity index (χ3v) is 4.25. The SMILES string of the molecule is CC(C)(CNCCCCCCO)c1cccs1. The average molecular weight is 255 g/mol. The van der Waals surface area contributed by atoms with Gasteiger partial charge in [-0.3, -0.25) is 0 Å². The molecule has 0 aliphatic carbocycles. The van der Waals surface area contributed by atoms with Crippen LogP contribution in [0.1, 0.15) is 44.4 Å². The van der Waals surface area contributed by atoms with Crippen molar-refractivity contribution < 1.29 is 5.11 Å². The summed E-state index contributed by atoms with van der Waals surface area (Å²) in [5, 5.41) is 14.3. The van der Waals surface area contributed by atoms with Gasteiger partial charge in [-0.2, -0.15) is 0 Å². The molecule has 17 heavy (non-hydrogen) atoms. The normalized spacial score (nSPS) is 11.9. The molecule has 3 heteroatoms. The molecule has 1 aromatic heterocycles. The highest BCUT2D eigenvalue weighted by atomic mass is 32.1. The molecule has 0 unspecified atom stereocenters. The van der Waals surface area contributed by atoms with E-state index in [1.165, 1.54) is 17.7 Å². The van der Waals surface area contributed by atoms with Crippen LogP contribution in [0.4, 0.5) is 0 Å². The molecule has 1 aromatic rings. The van der Waals surface area contributed by atoms with E-state index in [9.17, 15) is 0 Å². The minimum Gasteiger partial charge on any atom is -0.396 e. The lowest BCUT2D eigenvalue weighted by molar-refractivity contribution is 0.282. The van der Waals surface area contributed by atoms with Crippen molar-refractivity contribution >= 4 is 11.3 Å². The van der Waals surface area contributed by atoms with Gasteiger partial charge in [0.25, 0.3) is 0 Å². The van der Waals surface area contributed by atoms with Gasteiger partial charge in [0.05, 0.1) is 0 Å². The Bertz CT molecular complexity index is 282. The first-order valence-corrected chi connectivity index (χ1v) is 7.40. The van der Waals surface area contributed by atoms with Gasteiger partial charge in [-0.15, -0.1) is 11.3 Å². The van der Waals surface area contributed by atoms with E-state index in [4.69, 9.17) is 5.11 Å². The summed E-state index contributed by atoms with van der Waals surface area (Å²) >= 11 is 1.84. The Morgan fingerprint density at radius 3 is 2.65 bits per heavy atom. The molecule has 0 aliphatic rings. The molecule has 0 saturated heterocycles. The van der Waals surface area contributed by atoms with E-state index < -0.39 is 0 Å². The van der Waals surface area contributed by atoms with E-state index in [0.29, 0.717) is 6.61 Å². The van der Waals surface area contributed by atoms with E-state index in [0.717, 1.165) is 25.9 Å². The third-order valence-electron chi connectivity index (χ3n) is 3.02. The fraction of sp³-hybridized carbons (Fsp3) is 0.714. The summed E-state index contributed by atoms with van der Waals surface area (Å²) in [5.74, 6) is 0. The van der Waals surface area contributed by atoms with Crippen LogP contribution in [0.15, 0.2) is 17.5 Å². The van der Waals surface area contributed by atoms with Crippen LogP contribution in [0.2, 0.25) is 0 Å². The molecule has 0 aromatic carbocycles. The second kappa shape index (κ2) is 7.85. The van der Waals surface area contributed by atoms with Gasteiger partial charge >= 0.3 is 0 Å². The van der Waals surface area contributed by atoms with Gasteiger partial charge in [0.2, 0.25) is 0 Å². The molecule has 2 N–H and O–H groups in total. The van der Waals surface area contributed by atoms with Crippen molar-refractivity contribution in [1.29, 1.82) is 0 Å². The van der Waals surface area contributed by atoms with Crippen molar-refractivity contribution in [2.24, 2.45) is 0 Å². The zero-order valence-electron chi connectivity index (χ0n) is 11.0. The van der Waals surface area contributed by atoms with Crippen molar-refractivity contribution in [2.45, 2.75) is 44.9 Å². The Morgan fingerprint density at radius 1 is 1.24 bits per heavy atom. The molecular weight excluding hydrogens is 230 g/mol. The fourth-order valence-corrected chi connectivity index (χ4v) is 2.72. The van der Waals surface area contributed by atoms with Crippen LogP contribution in [0.5, 0.6) is 0 Å². The first-order valence-electron chi connectivity index (χ1n) is 6.52. The predicted octanol–water partition coefficient (Wildman–Crippen LogP) is 3.17. The minimum atomic E-state index is 0.235. The van der Waals surface area contributed by atoms with Crippen LogP contribution in [-0.4, -0.2) is 24.8 Å². The number of rotatable bonds is 9. The standard InChI is InChI=1S/C14H25NOS/c1-14(2,13-8-7-11-17-13)12-15-9-5-3-4-6-10-16/h7-8,11,15-16H,3-6,9-10,12H2,1-2H3. The Morgan fingerprint density at radius 2 is 2.00 bits per heavy atom. The Labute approximate surface area is 109 Å². The summed E-state index contributed by atoms with van der Waals surface area (Å²) in [7, 11) is 0. The summed E-state index contributed by atoms with van der Waals surface area (Å²) in [6, 6.07) is 4.34. The second-order valence-corrected chi connectivity index (χ2v) is 6.12. The van der Waals surface area contributed by atoms with Crippen molar-refractivity contribution in [3.63, 3.8) is 0 Å². The smallest absolute Gasteiger partial charge is 0.0431 e. The Balaban J connectivity index is 2.10.